The molecule has 0 spiro atoms. The summed E-state index contributed by atoms with van der Waals surface area (Å²) in [6, 6.07) is 3.87. The van der Waals surface area contributed by atoms with Crippen molar-refractivity contribution in [2.24, 2.45) is 5.41 Å². The van der Waals surface area contributed by atoms with Gasteiger partial charge in [-0.15, -0.1) is 22.9 Å². The Labute approximate surface area is 134 Å². The molecular formula is C15H21ClN2O2S. The normalized spacial score (nSPS) is 16.8. The standard InChI is InChI=1S/C15H21ClN2O2S/c1-15(2,10-16)14(20)17-11-5-7-18(8-6-11)13(19)12-4-3-9-21-12/h3-4,9,11H,5-8,10H2,1-2H3,(H,17,20). The molecule has 4 nitrogen and oxygen atoms in total. The highest BCUT2D eigenvalue weighted by Crippen LogP contribution is 2.20. The van der Waals surface area contributed by atoms with Gasteiger partial charge in [0.2, 0.25) is 5.91 Å². The number of likely N-dealkylation sites (tertiary alicyclic amines) is 1. The fourth-order valence-electron chi connectivity index (χ4n) is 2.22. The second-order valence-electron chi connectivity index (χ2n) is 6.03. The molecular weight excluding hydrogens is 308 g/mol. The Bertz CT molecular complexity index is 494. The smallest absolute Gasteiger partial charge is 0.263 e. The van der Waals surface area contributed by atoms with Crippen molar-refractivity contribution in [2.75, 3.05) is 19.0 Å². The van der Waals surface area contributed by atoms with Gasteiger partial charge in [0.15, 0.2) is 0 Å². The minimum Gasteiger partial charge on any atom is -0.353 e. The summed E-state index contributed by atoms with van der Waals surface area (Å²) in [6.07, 6.45) is 1.59. The molecule has 0 aliphatic carbocycles. The van der Waals surface area contributed by atoms with E-state index in [0.717, 1.165) is 17.7 Å². The van der Waals surface area contributed by atoms with E-state index in [1.165, 1.54) is 11.3 Å². The number of alkyl halides is 1. The molecule has 1 aromatic heterocycles. The van der Waals surface area contributed by atoms with Gasteiger partial charge in [0.25, 0.3) is 5.91 Å². The van der Waals surface area contributed by atoms with E-state index in [0.29, 0.717) is 19.0 Å². The Morgan fingerprint density at radius 1 is 1.43 bits per heavy atom. The van der Waals surface area contributed by atoms with Crippen molar-refractivity contribution in [3.63, 3.8) is 0 Å². The fraction of sp³-hybridized carbons (Fsp3) is 0.600. The molecule has 2 heterocycles. The zero-order chi connectivity index (χ0) is 15.5. The summed E-state index contributed by atoms with van der Waals surface area (Å²) < 4.78 is 0. The predicted octanol–water partition coefficient (Wildman–Crippen LogP) is 2.73. The molecule has 0 radical (unpaired) electrons. The van der Waals surface area contributed by atoms with Crippen LogP contribution >= 0.6 is 22.9 Å². The summed E-state index contributed by atoms with van der Waals surface area (Å²) in [7, 11) is 0. The molecule has 0 aromatic carbocycles. The summed E-state index contributed by atoms with van der Waals surface area (Å²) in [4.78, 5) is 27.0. The third-order valence-corrected chi connectivity index (χ3v) is 5.32. The highest BCUT2D eigenvalue weighted by molar-refractivity contribution is 7.12. The number of carbonyl (C=O) groups excluding carboxylic acids is 2. The zero-order valence-corrected chi connectivity index (χ0v) is 14.0. The lowest BCUT2D eigenvalue weighted by Gasteiger charge is -2.33. The first kappa shape index (κ1) is 16.3. The maximum absolute atomic E-state index is 12.2. The third kappa shape index (κ3) is 3.98. The summed E-state index contributed by atoms with van der Waals surface area (Å²) >= 11 is 7.28. The van der Waals surface area contributed by atoms with E-state index in [2.05, 4.69) is 5.32 Å². The van der Waals surface area contributed by atoms with Gasteiger partial charge in [-0.05, 0) is 38.1 Å². The number of thiophene rings is 1. The molecule has 1 aliphatic heterocycles. The van der Waals surface area contributed by atoms with Gasteiger partial charge in [0, 0.05) is 25.0 Å². The molecule has 1 fully saturated rings. The van der Waals surface area contributed by atoms with E-state index >= 15 is 0 Å². The molecule has 0 saturated carbocycles. The Balaban J connectivity index is 1.84. The van der Waals surface area contributed by atoms with Gasteiger partial charge < -0.3 is 10.2 Å². The number of piperidine rings is 1. The summed E-state index contributed by atoms with van der Waals surface area (Å²) in [6.45, 7) is 5.04. The molecule has 2 amide bonds. The topological polar surface area (TPSA) is 49.4 Å². The van der Waals surface area contributed by atoms with Crippen molar-refractivity contribution >= 4 is 34.8 Å². The number of halogens is 1. The molecule has 1 aliphatic rings. The molecule has 0 atom stereocenters. The maximum atomic E-state index is 12.2. The SMILES string of the molecule is CC(C)(CCl)C(=O)NC1CCN(C(=O)c2cccs2)CC1. The van der Waals surface area contributed by atoms with Crippen LogP contribution in [0.1, 0.15) is 36.4 Å². The van der Waals surface area contributed by atoms with E-state index in [-0.39, 0.29) is 17.9 Å². The van der Waals surface area contributed by atoms with Crippen LogP contribution in [0.25, 0.3) is 0 Å². The van der Waals surface area contributed by atoms with Crippen LogP contribution in [0.3, 0.4) is 0 Å². The van der Waals surface area contributed by atoms with Crippen molar-refractivity contribution in [3.05, 3.63) is 22.4 Å². The number of rotatable bonds is 4. The third-order valence-electron chi connectivity index (χ3n) is 3.80. The second-order valence-corrected chi connectivity index (χ2v) is 7.25. The van der Waals surface area contributed by atoms with Gasteiger partial charge in [0.1, 0.15) is 0 Å². The molecule has 1 N–H and O–H groups in total. The quantitative estimate of drug-likeness (QED) is 0.864. The summed E-state index contributed by atoms with van der Waals surface area (Å²) in [5.41, 5.74) is -0.550. The summed E-state index contributed by atoms with van der Waals surface area (Å²) in [5, 5.41) is 4.96. The lowest BCUT2D eigenvalue weighted by Crippen LogP contribution is -2.49. The van der Waals surface area contributed by atoms with Crippen LogP contribution in [0.4, 0.5) is 0 Å². The van der Waals surface area contributed by atoms with Crippen LogP contribution in [-0.2, 0) is 4.79 Å². The number of hydrogen-bond acceptors (Lipinski definition) is 3. The Morgan fingerprint density at radius 3 is 2.62 bits per heavy atom. The molecule has 2 rings (SSSR count). The van der Waals surface area contributed by atoms with Crippen LogP contribution in [0.5, 0.6) is 0 Å². The Hall–Kier alpha value is -1.07. The average molecular weight is 329 g/mol. The van der Waals surface area contributed by atoms with Crippen molar-refractivity contribution in [1.29, 1.82) is 0 Å². The Morgan fingerprint density at radius 2 is 2.10 bits per heavy atom. The summed E-state index contributed by atoms with van der Waals surface area (Å²) in [5.74, 6) is 0.380. The first-order valence-electron chi connectivity index (χ1n) is 7.14. The number of hydrogen-bond donors (Lipinski definition) is 1. The molecule has 0 unspecified atom stereocenters. The molecule has 1 aromatic rings. The molecule has 1 saturated heterocycles. The first-order chi connectivity index (χ1) is 9.94. The van der Waals surface area contributed by atoms with E-state index in [4.69, 9.17) is 11.6 Å². The first-order valence-corrected chi connectivity index (χ1v) is 8.55. The van der Waals surface area contributed by atoms with Crippen molar-refractivity contribution < 1.29 is 9.59 Å². The van der Waals surface area contributed by atoms with Gasteiger partial charge >= 0.3 is 0 Å². The van der Waals surface area contributed by atoms with E-state index in [9.17, 15) is 9.59 Å². The highest BCUT2D eigenvalue weighted by Gasteiger charge is 2.30. The van der Waals surface area contributed by atoms with Gasteiger partial charge in [-0.1, -0.05) is 6.07 Å². The van der Waals surface area contributed by atoms with Gasteiger partial charge in [-0.3, -0.25) is 9.59 Å². The highest BCUT2D eigenvalue weighted by atomic mass is 35.5. The predicted molar refractivity (Wildman–Crippen MR) is 85.9 cm³/mol. The van der Waals surface area contributed by atoms with E-state index in [1.807, 2.05) is 36.3 Å². The molecule has 0 bridgehead atoms. The average Bonchev–Trinajstić information content (AvgIpc) is 3.01. The molecule has 116 valence electrons. The van der Waals surface area contributed by atoms with Crippen molar-refractivity contribution in [1.82, 2.24) is 10.2 Å². The lowest BCUT2D eigenvalue weighted by atomic mass is 9.93. The van der Waals surface area contributed by atoms with Crippen LogP contribution in [-0.4, -0.2) is 41.7 Å². The van der Waals surface area contributed by atoms with Gasteiger partial charge in [-0.25, -0.2) is 0 Å². The van der Waals surface area contributed by atoms with E-state index < -0.39 is 5.41 Å². The van der Waals surface area contributed by atoms with E-state index in [1.54, 1.807) is 0 Å². The number of nitrogens with zero attached hydrogens (tertiary/aromatic N) is 1. The lowest BCUT2D eigenvalue weighted by molar-refractivity contribution is -0.129. The van der Waals surface area contributed by atoms with Crippen molar-refractivity contribution in [3.8, 4) is 0 Å². The maximum Gasteiger partial charge on any atom is 0.263 e. The van der Waals surface area contributed by atoms with Crippen LogP contribution in [0.2, 0.25) is 0 Å². The largest absolute Gasteiger partial charge is 0.353 e. The zero-order valence-electron chi connectivity index (χ0n) is 12.4. The minimum absolute atomic E-state index is 0.0134. The molecule has 6 heteroatoms. The van der Waals surface area contributed by atoms with Gasteiger partial charge in [0.05, 0.1) is 10.3 Å². The van der Waals surface area contributed by atoms with Crippen LogP contribution < -0.4 is 5.32 Å². The number of nitrogens with one attached hydrogen (secondary N) is 1. The second kappa shape index (κ2) is 6.79. The number of amides is 2. The molecule has 21 heavy (non-hydrogen) atoms. The van der Waals surface area contributed by atoms with Crippen molar-refractivity contribution in [2.45, 2.75) is 32.7 Å². The van der Waals surface area contributed by atoms with Crippen LogP contribution in [0, 0.1) is 5.41 Å². The minimum atomic E-state index is -0.550. The van der Waals surface area contributed by atoms with Gasteiger partial charge in [-0.2, -0.15) is 0 Å². The van der Waals surface area contributed by atoms with Crippen LogP contribution in [0.15, 0.2) is 17.5 Å². The monoisotopic (exact) mass is 328 g/mol. The number of carbonyl (C=O) groups is 2. The Kier molecular flexibility index (Phi) is 5.27. The fourth-order valence-corrected chi connectivity index (χ4v) is 3.04.